The fourth-order valence-corrected chi connectivity index (χ4v) is 26.5. The number of fused-ring (bicyclic) bond motifs is 6. The van der Waals surface area contributed by atoms with E-state index in [1.165, 1.54) is 330 Å². The van der Waals surface area contributed by atoms with Gasteiger partial charge in [-0.25, -0.2) is 0 Å². The highest BCUT2D eigenvalue weighted by Crippen LogP contribution is 2.65. The molecule has 13 saturated carbocycles. The molecule has 2 aromatic carbocycles. The average Bonchev–Trinajstić information content (AvgIpc) is 1.55. The molecule has 14 aliphatic carbocycles. The maximum Gasteiger partial charge on any atom is 0.0235 e. The van der Waals surface area contributed by atoms with Crippen molar-refractivity contribution in [3.8, 4) is 11.1 Å². The SMILES string of the molecule is CC(C)(C)C1(C)c2ccccc2-c2ccccc21.CC1(C)CCCC1(C)C.CC1(C)CCCC1(C)C.CC1(C)CCCC1(C)C.CC1(C)CCCC1(C)C.CC1(C2(C)CCCCC2)CCCCC1.CC12CCCC1(C)CCC2.CC12CCCCC1(C)CCCC2.CC[C@@]1(C)CCC[C@@]1(C)CC.C[C@@]12CCCC[C@]1(C)CCC2. The molecule has 0 amide bonds. The van der Waals surface area contributed by atoms with Crippen LogP contribution in [0.3, 0.4) is 0 Å². The summed E-state index contributed by atoms with van der Waals surface area (Å²) in [6.07, 6.45) is 70.6. The lowest BCUT2D eigenvalue weighted by atomic mass is 9.52. The largest absolute Gasteiger partial charge is 0.0648 e. The Balaban J connectivity index is 0.000000174. The van der Waals surface area contributed by atoms with Gasteiger partial charge in [0, 0.05) is 5.41 Å². The summed E-state index contributed by atoms with van der Waals surface area (Å²) in [5.41, 5.74) is 17.8. The number of hydrogen-bond donors (Lipinski definition) is 0. The van der Waals surface area contributed by atoms with Crippen LogP contribution in [0.2, 0.25) is 0 Å². The Morgan fingerprint density at radius 3 is 0.509 bits per heavy atom. The van der Waals surface area contributed by atoms with Crippen LogP contribution in [-0.2, 0) is 5.41 Å². The molecule has 112 heavy (non-hydrogen) atoms. The monoisotopic (exact) mass is 1550 g/mol. The smallest absolute Gasteiger partial charge is 0.0235 e. The van der Waals surface area contributed by atoms with E-state index in [0.717, 1.165) is 21.7 Å². The molecule has 0 saturated heterocycles. The van der Waals surface area contributed by atoms with Crippen LogP contribution in [0.4, 0.5) is 0 Å². The van der Waals surface area contributed by atoms with Crippen LogP contribution in [0, 0.1) is 103 Å². The van der Waals surface area contributed by atoms with Gasteiger partial charge in [-0.3, -0.25) is 0 Å². The summed E-state index contributed by atoms with van der Waals surface area (Å²) in [4.78, 5) is 0. The van der Waals surface area contributed by atoms with E-state index in [4.69, 9.17) is 0 Å². The van der Waals surface area contributed by atoms with Crippen LogP contribution < -0.4 is 0 Å². The van der Waals surface area contributed by atoms with Crippen LogP contribution in [-0.4, -0.2) is 0 Å². The minimum absolute atomic E-state index is 0.0974. The molecule has 13 fully saturated rings. The van der Waals surface area contributed by atoms with Crippen molar-refractivity contribution >= 4 is 0 Å². The standard InChI is InChI=1S/C18H20.C14H26.C12H22.C11H20.C11H22.C10H18.4C9H18/c1-17(2,3)18(4)15-11-7-5-9-13(15)14-10-6-8-12-16(14)18;1-13(9-5-3-6-10-13)14(2)11-7-4-8-12-14;1-11-7-3-5-9-12(11,2)10-6-4-8-11;1-10-6-3-4-7-11(10,2)9-5-8-10;1-5-10(3)8-7-9-11(10,4)6-2;1-9-5-3-7-10(9,2)8-4-6-9;4*1-8(2)6-5-7-9(8,3)4/h5-12H,1-4H3;3-12H2,1-2H3;3-10H2,1-2H3;3-9H2,1-2H3;5-9H2,1-4H3;3-8H2,1-2H3;4*5-7H2,1-4H3/t;;;2*10-,11+;;;;;. The molecule has 0 N–H and O–H groups in total. The predicted octanol–water partition coefficient (Wildman–Crippen LogP) is 38.1. The van der Waals surface area contributed by atoms with Crippen LogP contribution >= 0.6 is 0 Å². The van der Waals surface area contributed by atoms with Gasteiger partial charge in [0.25, 0.3) is 0 Å². The van der Waals surface area contributed by atoms with Gasteiger partial charge >= 0.3 is 0 Å². The minimum Gasteiger partial charge on any atom is -0.0648 e. The van der Waals surface area contributed by atoms with Gasteiger partial charge in [0.05, 0.1) is 0 Å². The predicted molar refractivity (Wildman–Crippen MR) is 502 cm³/mol. The second kappa shape index (κ2) is 37.0. The first-order chi connectivity index (χ1) is 51.5. The fourth-order valence-electron chi connectivity index (χ4n) is 26.5. The first-order valence-electron chi connectivity index (χ1n) is 49.7. The second-order valence-electron chi connectivity index (χ2n) is 51.4. The van der Waals surface area contributed by atoms with E-state index in [-0.39, 0.29) is 10.8 Å². The molecule has 16 rings (SSSR count). The van der Waals surface area contributed by atoms with E-state index < -0.39 is 0 Å². The summed E-state index contributed by atoms with van der Waals surface area (Å²) in [6.45, 7) is 77.6. The minimum atomic E-state index is 0.0974. The molecule has 0 aliphatic heterocycles. The summed E-state index contributed by atoms with van der Waals surface area (Å²) in [6, 6.07) is 17.7. The van der Waals surface area contributed by atoms with Crippen molar-refractivity contribution in [3.63, 3.8) is 0 Å². The van der Waals surface area contributed by atoms with Gasteiger partial charge < -0.3 is 0 Å². The van der Waals surface area contributed by atoms with Crippen molar-refractivity contribution in [2.24, 2.45) is 103 Å². The van der Waals surface area contributed by atoms with Gasteiger partial charge in [0.2, 0.25) is 0 Å². The molecule has 14 aliphatic rings. The van der Waals surface area contributed by atoms with Crippen LogP contribution in [0.15, 0.2) is 48.5 Å². The van der Waals surface area contributed by atoms with E-state index in [1.807, 2.05) is 0 Å². The molecule has 2 aromatic rings. The number of rotatable bonds is 3. The van der Waals surface area contributed by atoms with Crippen molar-refractivity contribution in [1.29, 1.82) is 0 Å². The summed E-state index contributed by atoms with van der Waals surface area (Å²) >= 11 is 0. The Kier molecular flexibility index (Phi) is 32.3. The maximum atomic E-state index is 2.58. The Morgan fingerprint density at radius 1 is 0.196 bits per heavy atom. The number of hydrogen-bond acceptors (Lipinski definition) is 0. The Hall–Kier alpha value is -1.56. The Bertz CT molecular complexity index is 2810. The highest BCUT2D eigenvalue weighted by atomic mass is 14.6. The van der Waals surface area contributed by atoms with E-state index in [0.29, 0.717) is 75.8 Å². The zero-order chi connectivity index (χ0) is 83.9. The normalized spacial score (nSPS) is 35.7. The van der Waals surface area contributed by atoms with Crippen LogP contribution in [0.5, 0.6) is 0 Å². The molecule has 0 heteroatoms. The van der Waals surface area contributed by atoms with Gasteiger partial charge in [-0.15, -0.1) is 0 Å². The van der Waals surface area contributed by atoms with Crippen molar-refractivity contribution < 1.29 is 0 Å². The molecule has 0 aromatic heterocycles. The highest BCUT2D eigenvalue weighted by molar-refractivity contribution is 5.81. The first kappa shape index (κ1) is 97.6. The van der Waals surface area contributed by atoms with E-state index in [9.17, 15) is 0 Å². The van der Waals surface area contributed by atoms with Gasteiger partial charge in [-0.05, 0) is 292 Å². The quantitative estimate of drug-likeness (QED) is 0.287. The molecule has 0 spiro atoms. The van der Waals surface area contributed by atoms with E-state index >= 15 is 0 Å². The summed E-state index contributed by atoms with van der Waals surface area (Å²) < 4.78 is 0. The van der Waals surface area contributed by atoms with Crippen LogP contribution in [0.1, 0.15) is 541 Å². The lowest BCUT2D eigenvalue weighted by Crippen LogP contribution is -2.42. The molecular weight excluding hydrogens is 1350 g/mol. The fraction of sp³-hybridized carbons (Fsp3) is 0.893. The maximum absolute atomic E-state index is 2.58. The molecule has 648 valence electrons. The van der Waals surface area contributed by atoms with Gasteiger partial charge in [0.15, 0.2) is 0 Å². The molecule has 0 nitrogen and oxygen atoms in total. The molecule has 0 heterocycles. The third-order valence-corrected chi connectivity index (χ3v) is 42.2. The summed E-state index contributed by atoms with van der Waals surface area (Å²) in [5.74, 6) is 0. The summed E-state index contributed by atoms with van der Waals surface area (Å²) in [7, 11) is 0. The average molecular weight is 1550 g/mol. The van der Waals surface area contributed by atoms with E-state index in [2.05, 4.69) is 270 Å². The van der Waals surface area contributed by atoms with Gasteiger partial charge in [-0.2, -0.15) is 0 Å². The Morgan fingerprint density at radius 2 is 0.348 bits per heavy atom. The molecule has 0 radical (unpaired) electrons. The lowest BCUT2D eigenvalue weighted by molar-refractivity contribution is -0.0261. The lowest BCUT2D eigenvalue weighted by Gasteiger charge is -2.53. The van der Waals surface area contributed by atoms with E-state index in [1.54, 1.807) is 0 Å². The van der Waals surface area contributed by atoms with Crippen molar-refractivity contribution in [3.05, 3.63) is 59.7 Å². The van der Waals surface area contributed by atoms with Gasteiger partial charge in [-0.1, -0.05) is 411 Å². The zero-order valence-corrected chi connectivity index (χ0v) is 82.6. The Labute approximate surface area is 704 Å². The topological polar surface area (TPSA) is 0 Å². The summed E-state index contributed by atoms with van der Waals surface area (Å²) in [5, 5.41) is 0. The highest BCUT2D eigenvalue weighted by Gasteiger charge is 2.54. The molecule has 0 unspecified atom stereocenters. The zero-order valence-electron chi connectivity index (χ0n) is 82.6. The third kappa shape index (κ3) is 21.1. The van der Waals surface area contributed by atoms with Gasteiger partial charge in [0.1, 0.15) is 0 Å². The van der Waals surface area contributed by atoms with Crippen molar-refractivity contribution in [2.45, 2.75) is 535 Å². The van der Waals surface area contributed by atoms with Crippen molar-refractivity contribution in [1.82, 2.24) is 0 Å². The molecule has 4 atom stereocenters. The first-order valence-corrected chi connectivity index (χ1v) is 49.7. The molecule has 0 bridgehead atoms. The van der Waals surface area contributed by atoms with Crippen LogP contribution in [0.25, 0.3) is 11.1 Å². The molecular formula is C112H200. The number of benzene rings is 2. The van der Waals surface area contributed by atoms with Crippen molar-refractivity contribution in [2.75, 3.05) is 0 Å². The second-order valence-corrected chi connectivity index (χ2v) is 51.4. The third-order valence-electron chi connectivity index (χ3n) is 42.2.